The number of alkyl halides is 3. The fraction of sp³-hybridized carbons (Fsp3) is 0.655. The number of nitrogens with zero attached hydrogens (tertiary/aromatic N) is 3. The fourth-order valence-corrected chi connectivity index (χ4v) is 4.10. The van der Waals surface area contributed by atoms with Gasteiger partial charge in [0.1, 0.15) is 5.75 Å². The van der Waals surface area contributed by atoms with E-state index in [-0.39, 0.29) is 38.6 Å². The molecular formula is C29H42F3N3O6. The van der Waals surface area contributed by atoms with Crippen LogP contribution >= 0.6 is 0 Å². The highest BCUT2D eigenvalue weighted by atomic mass is 19.4. The molecule has 0 bridgehead atoms. The number of aromatic nitrogens is 3. The van der Waals surface area contributed by atoms with Crippen molar-refractivity contribution in [3.8, 4) is 11.6 Å². The highest BCUT2D eigenvalue weighted by Gasteiger charge is 2.31. The Morgan fingerprint density at radius 2 is 1.73 bits per heavy atom. The number of hydrogen-bond donors (Lipinski definition) is 0. The van der Waals surface area contributed by atoms with Gasteiger partial charge in [0.05, 0.1) is 13.2 Å². The summed E-state index contributed by atoms with van der Waals surface area (Å²) in [6.45, 7) is 7.36. The number of ether oxygens (including phenoxy) is 3. The highest BCUT2D eigenvalue weighted by molar-refractivity contribution is 5.79. The first-order valence-electron chi connectivity index (χ1n) is 14.2. The number of esters is 1. The molecule has 0 atom stereocenters. The van der Waals surface area contributed by atoms with Gasteiger partial charge in [-0.3, -0.25) is 9.36 Å². The standard InChI is InChI=1S/C29H42F3N3O6/c1-5-7-11-20-40-24-25(36)34(27(38)35(33-24)19-13-17-29(30,31)32)18-10-8-9-14-22-15-12-16-23(21-22)41-28(3,4)26(37)39-6-2/h12,15-16,21H,5-11,13-14,17-20H2,1-4H3. The van der Waals surface area contributed by atoms with Gasteiger partial charge in [-0.2, -0.15) is 13.2 Å². The van der Waals surface area contributed by atoms with Crippen molar-refractivity contribution in [2.75, 3.05) is 13.2 Å². The van der Waals surface area contributed by atoms with Crippen molar-refractivity contribution in [2.24, 2.45) is 0 Å². The zero-order chi connectivity index (χ0) is 30.5. The van der Waals surface area contributed by atoms with Crippen LogP contribution in [0.5, 0.6) is 11.6 Å². The topological polar surface area (TPSA) is 102 Å². The van der Waals surface area contributed by atoms with Gasteiger partial charge in [0.15, 0.2) is 5.60 Å². The lowest BCUT2D eigenvalue weighted by Gasteiger charge is -2.24. The van der Waals surface area contributed by atoms with Crippen LogP contribution in [0.25, 0.3) is 0 Å². The lowest BCUT2D eigenvalue weighted by atomic mass is 10.1. The molecule has 0 aliphatic rings. The molecule has 1 aromatic heterocycles. The van der Waals surface area contributed by atoms with Crippen molar-refractivity contribution in [3.05, 3.63) is 50.7 Å². The number of unbranched alkanes of at least 4 members (excludes halogenated alkanes) is 4. The molecule has 0 fully saturated rings. The van der Waals surface area contributed by atoms with E-state index >= 15 is 0 Å². The Kier molecular flexibility index (Phi) is 13.4. The maximum Gasteiger partial charge on any atom is 0.389 e. The molecule has 0 aliphatic heterocycles. The van der Waals surface area contributed by atoms with Crippen molar-refractivity contribution in [1.29, 1.82) is 0 Å². The van der Waals surface area contributed by atoms with E-state index in [1.807, 2.05) is 25.1 Å². The molecule has 2 rings (SSSR count). The van der Waals surface area contributed by atoms with Gasteiger partial charge in [-0.1, -0.05) is 38.3 Å². The summed E-state index contributed by atoms with van der Waals surface area (Å²) in [5, 5.41) is 3.93. The summed E-state index contributed by atoms with van der Waals surface area (Å²) in [7, 11) is 0. The van der Waals surface area contributed by atoms with Crippen LogP contribution in [-0.4, -0.2) is 45.3 Å². The van der Waals surface area contributed by atoms with Crippen LogP contribution in [0.4, 0.5) is 13.2 Å². The minimum absolute atomic E-state index is 0.0989. The normalized spacial score (nSPS) is 11.9. The minimum Gasteiger partial charge on any atom is -0.476 e. The second kappa shape index (κ2) is 16.2. The number of rotatable bonds is 18. The molecule has 0 spiro atoms. The van der Waals surface area contributed by atoms with Gasteiger partial charge in [0.2, 0.25) is 0 Å². The third kappa shape index (κ3) is 11.6. The van der Waals surface area contributed by atoms with E-state index < -0.39 is 35.4 Å². The van der Waals surface area contributed by atoms with Gasteiger partial charge >= 0.3 is 23.4 Å². The maximum absolute atomic E-state index is 12.9. The second-order valence-electron chi connectivity index (χ2n) is 10.3. The minimum atomic E-state index is -4.35. The molecule has 0 radical (unpaired) electrons. The number of aryl methyl sites for hydroxylation is 2. The van der Waals surface area contributed by atoms with Crippen molar-refractivity contribution in [1.82, 2.24) is 14.3 Å². The first-order valence-corrected chi connectivity index (χ1v) is 14.2. The Morgan fingerprint density at radius 3 is 2.41 bits per heavy atom. The summed E-state index contributed by atoms with van der Waals surface area (Å²) < 4.78 is 56.2. The van der Waals surface area contributed by atoms with E-state index in [0.717, 1.165) is 34.1 Å². The lowest BCUT2D eigenvalue weighted by Crippen LogP contribution is -2.42. The third-order valence-electron chi connectivity index (χ3n) is 6.29. The quantitative estimate of drug-likeness (QED) is 0.169. The molecule has 2 aromatic rings. The monoisotopic (exact) mass is 585 g/mol. The van der Waals surface area contributed by atoms with Crippen LogP contribution < -0.4 is 20.7 Å². The fourth-order valence-electron chi connectivity index (χ4n) is 4.10. The Labute approximate surface area is 238 Å². The molecule has 0 aliphatic carbocycles. The average molecular weight is 586 g/mol. The van der Waals surface area contributed by atoms with Gasteiger partial charge in [-0.15, -0.1) is 5.10 Å². The average Bonchev–Trinajstić information content (AvgIpc) is 2.89. The molecule has 12 heteroatoms. The smallest absolute Gasteiger partial charge is 0.389 e. The van der Waals surface area contributed by atoms with Gasteiger partial charge < -0.3 is 14.2 Å². The number of hydrogen-bond acceptors (Lipinski definition) is 7. The maximum atomic E-state index is 12.9. The summed E-state index contributed by atoms with van der Waals surface area (Å²) >= 11 is 0. The van der Waals surface area contributed by atoms with Gasteiger partial charge in [0, 0.05) is 19.5 Å². The Morgan fingerprint density at radius 1 is 0.976 bits per heavy atom. The molecule has 230 valence electrons. The summed E-state index contributed by atoms with van der Waals surface area (Å²) in [4.78, 5) is 37.9. The molecule has 0 N–H and O–H groups in total. The predicted octanol–water partition coefficient (Wildman–Crippen LogP) is 5.45. The van der Waals surface area contributed by atoms with Crippen molar-refractivity contribution < 1.29 is 32.2 Å². The Bertz CT molecular complexity index is 1220. The van der Waals surface area contributed by atoms with Crippen LogP contribution in [-0.2, 0) is 29.0 Å². The lowest BCUT2D eigenvalue weighted by molar-refractivity contribution is -0.158. The van der Waals surface area contributed by atoms with Crippen LogP contribution in [0.3, 0.4) is 0 Å². The van der Waals surface area contributed by atoms with Crippen molar-refractivity contribution in [3.63, 3.8) is 0 Å². The van der Waals surface area contributed by atoms with Crippen molar-refractivity contribution >= 4 is 5.97 Å². The van der Waals surface area contributed by atoms with Crippen LogP contribution in [0.2, 0.25) is 0 Å². The predicted molar refractivity (Wildman–Crippen MR) is 148 cm³/mol. The Hall–Kier alpha value is -3.31. The van der Waals surface area contributed by atoms with E-state index in [1.54, 1.807) is 26.8 Å². The first-order chi connectivity index (χ1) is 19.4. The summed E-state index contributed by atoms with van der Waals surface area (Å²) in [6, 6.07) is 7.41. The Balaban J connectivity index is 2.01. The van der Waals surface area contributed by atoms with Crippen LogP contribution in [0.1, 0.15) is 84.6 Å². The van der Waals surface area contributed by atoms with Gasteiger partial charge in [0.25, 0.3) is 5.88 Å². The number of benzene rings is 1. The zero-order valence-corrected chi connectivity index (χ0v) is 24.4. The molecule has 0 saturated carbocycles. The number of halogens is 3. The number of carbonyl (C=O) groups excluding carboxylic acids is 1. The van der Waals surface area contributed by atoms with E-state index in [4.69, 9.17) is 14.2 Å². The zero-order valence-electron chi connectivity index (χ0n) is 24.4. The third-order valence-corrected chi connectivity index (χ3v) is 6.29. The van der Waals surface area contributed by atoms with Crippen LogP contribution in [0.15, 0.2) is 33.9 Å². The summed E-state index contributed by atoms with van der Waals surface area (Å²) in [5.74, 6) is -0.178. The molecule has 1 heterocycles. The van der Waals surface area contributed by atoms with Crippen LogP contribution in [0, 0.1) is 0 Å². The largest absolute Gasteiger partial charge is 0.476 e. The molecule has 41 heavy (non-hydrogen) atoms. The molecule has 0 saturated heterocycles. The van der Waals surface area contributed by atoms with Gasteiger partial charge in [-0.25, -0.2) is 14.3 Å². The summed E-state index contributed by atoms with van der Waals surface area (Å²) in [5.41, 5.74) is -1.55. The second-order valence-corrected chi connectivity index (χ2v) is 10.3. The molecule has 0 amide bonds. The van der Waals surface area contributed by atoms with E-state index in [0.29, 0.717) is 31.4 Å². The SMILES string of the molecule is CCCCCOc1nn(CCCC(F)(F)F)c(=O)n(CCCCCc2cccc(OC(C)(C)C(=O)OCC)c2)c1=O. The highest BCUT2D eigenvalue weighted by Crippen LogP contribution is 2.23. The van der Waals surface area contributed by atoms with Crippen molar-refractivity contribution in [2.45, 2.75) is 110 Å². The summed E-state index contributed by atoms with van der Waals surface area (Å²) in [6.07, 6.45) is -0.558. The van der Waals surface area contributed by atoms with E-state index in [9.17, 15) is 27.6 Å². The molecule has 0 unspecified atom stereocenters. The first kappa shape index (κ1) is 33.9. The van der Waals surface area contributed by atoms with Gasteiger partial charge in [-0.05, 0) is 70.6 Å². The molecule has 9 nitrogen and oxygen atoms in total. The van der Waals surface area contributed by atoms with E-state index in [1.165, 1.54) is 0 Å². The molecule has 1 aromatic carbocycles. The number of carbonyl (C=O) groups is 1. The molecular weight excluding hydrogens is 543 g/mol. The van der Waals surface area contributed by atoms with E-state index in [2.05, 4.69) is 5.10 Å².